The smallest absolute Gasteiger partial charge is 0.152 e. The topological polar surface area (TPSA) is 17.4 Å². The Balaban J connectivity index is 0.934. The van der Waals surface area contributed by atoms with E-state index in [2.05, 4.69) is 264 Å². The molecule has 14 rings (SSSR count). The van der Waals surface area contributed by atoms with E-state index in [-0.39, 0.29) is 0 Å². The monoisotopic (exact) mass is 866 g/mol. The van der Waals surface area contributed by atoms with Crippen LogP contribution in [-0.2, 0) is 5.41 Å². The molecule has 0 saturated carbocycles. The summed E-state index contributed by atoms with van der Waals surface area (Å²) in [5.74, 6) is 1.72. The fourth-order valence-corrected chi connectivity index (χ4v) is 11.6. The molecule has 0 unspecified atom stereocenters. The van der Waals surface area contributed by atoms with Crippen molar-refractivity contribution < 1.29 is 4.74 Å². The van der Waals surface area contributed by atoms with Crippen LogP contribution in [0, 0.1) is 0 Å². The number of rotatable bonds is 7. The van der Waals surface area contributed by atoms with Gasteiger partial charge in [-0.1, -0.05) is 200 Å². The minimum absolute atomic E-state index is 0.522. The van der Waals surface area contributed by atoms with Gasteiger partial charge in [-0.3, -0.25) is 0 Å². The Morgan fingerprint density at radius 3 is 1.74 bits per heavy atom. The third kappa shape index (κ3) is 5.60. The Kier molecular flexibility index (Phi) is 8.50. The van der Waals surface area contributed by atoms with Crippen LogP contribution in [0.1, 0.15) is 22.3 Å². The highest BCUT2D eigenvalue weighted by molar-refractivity contribution is 6.12. The van der Waals surface area contributed by atoms with Crippen molar-refractivity contribution in [2.24, 2.45) is 0 Å². The fourth-order valence-electron chi connectivity index (χ4n) is 11.6. The lowest BCUT2D eigenvalue weighted by molar-refractivity contribution is 0.476. The molecule has 1 aromatic heterocycles. The molecule has 2 heterocycles. The minimum Gasteiger partial charge on any atom is -0.453 e. The highest BCUT2D eigenvalue weighted by Crippen LogP contribution is 2.59. The van der Waals surface area contributed by atoms with Crippen LogP contribution in [0.3, 0.4) is 0 Å². The predicted octanol–water partition coefficient (Wildman–Crippen LogP) is 17.2. The summed E-state index contributed by atoms with van der Waals surface area (Å²) in [5.41, 5.74) is 18.2. The zero-order valence-corrected chi connectivity index (χ0v) is 37.1. The van der Waals surface area contributed by atoms with Gasteiger partial charge in [0.1, 0.15) is 0 Å². The lowest BCUT2D eigenvalue weighted by Crippen LogP contribution is -2.28. The summed E-state index contributed by atoms with van der Waals surface area (Å²) in [6.45, 7) is 0. The van der Waals surface area contributed by atoms with Crippen LogP contribution in [0.4, 0.5) is 17.1 Å². The van der Waals surface area contributed by atoms with Crippen molar-refractivity contribution in [2.45, 2.75) is 5.41 Å². The zero-order valence-electron chi connectivity index (χ0n) is 37.1. The molecule has 68 heavy (non-hydrogen) atoms. The molecular formula is C65H42N2O. The lowest BCUT2D eigenvalue weighted by Gasteiger charge is -2.34. The van der Waals surface area contributed by atoms with E-state index in [9.17, 15) is 0 Å². The van der Waals surface area contributed by atoms with Gasteiger partial charge in [-0.05, 0) is 115 Å². The number of hydrogen-bond donors (Lipinski definition) is 0. The minimum atomic E-state index is -0.522. The van der Waals surface area contributed by atoms with Crippen molar-refractivity contribution in [1.82, 2.24) is 4.57 Å². The van der Waals surface area contributed by atoms with Gasteiger partial charge in [0, 0.05) is 27.7 Å². The van der Waals surface area contributed by atoms with Crippen LogP contribution in [-0.4, -0.2) is 4.57 Å². The van der Waals surface area contributed by atoms with Gasteiger partial charge in [-0.25, -0.2) is 0 Å². The second kappa shape index (κ2) is 15.1. The molecule has 0 spiro atoms. The van der Waals surface area contributed by atoms with Gasteiger partial charge in [0.25, 0.3) is 0 Å². The van der Waals surface area contributed by atoms with E-state index in [0.717, 1.165) is 50.9 Å². The lowest BCUT2D eigenvalue weighted by atomic mass is 9.68. The van der Waals surface area contributed by atoms with Crippen LogP contribution in [0.25, 0.3) is 71.6 Å². The van der Waals surface area contributed by atoms with Crippen molar-refractivity contribution in [3.63, 3.8) is 0 Å². The highest BCUT2D eigenvalue weighted by Gasteiger charge is 2.47. The van der Waals surface area contributed by atoms with Gasteiger partial charge in [0.2, 0.25) is 0 Å². The van der Waals surface area contributed by atoms with Crippen LogP contribution >= 0.6 is 0 Å². The SMILES string of the molecule is c1ccc(C2(c3ccccc3)c3ccccc3-c3c(N(c4ccc(-c5ccc6c(c5)Oc5cccc7c8ccccc8n-6c57)cc4)c4ccc(-c5cccc6ccccc56)cc4)cccc32)cc1. The maximum absolute atomic E-state index is 6.71. The normalized spacial score (nSPS) is 12.9. The number of benzene rings is 11. The van der Waals surface area contributed by atoms with E-state index in [1.54, 1.807) is 0 Å². The van der Waals surface area contributed by atoms with E-state index >= 15 is 0 Å². The number of aromatic nitrogens is 1. The van der Waals surface area contributed by atoms with Crippen molar-refractivity contribution in [3.05, 3.63) is 277 Å². The van der Waals surface area contributed by atoms with Crippen LogP contribution < -0.4 is 9.64 Å². The maximum atomic E-state index is 6.71. The molecule has 318 valence electrons. The third-order valence-corrected chi connectivity index (χ3v) is 14.5. The largest absolute Gasteiger partial charge is 0.453 e. The first-order valence-electron chi connectivity index (χ1n) is 23.4. The molecule has 0 N–H and O–H groups in total. The number of anilines is 3. The molecule has 0 amide bonds. The number of hydrogen-bond acceptors (Lipinski definition) is 2. The Morgan fingerprint density at radius 2 is 0.956 bits per heavy atom. The average Bonchev–Trinajstić information content (AvgIpc) is 3.92. The molecule has 0 bridgehead atoms. The molecule has 0 radical (unpaired) electrons. The molecular weight excluding hydrogens is 825 g/mol. The van der Waals surface area contributed by atoms with Crippen LogP contribution in [0.5, 0.6) is 11.5 Å². The summed E-state index contributed by atoms with van der Waals surface area (Å²) in [6.07, 6.45) is 0. The Bertz CT molecular complexity index is 3880. The van der Waals surface area contributed by atoms with Crippen molar-refractivity contribution >= 4 is 49.6 Å². The standard InChI is InChI=1S/C65H42N2O/c1-3-18-47(19-4-1)65(48-20-5-2-6-21-48)56-27-11-9-24-55(56)63-57(65)28-15-30-60(63)66(50-39-34-45(35-40-50)52-25-13-17-44-16-7-8-22-51(44)52)49-37-32-43(33-38-49)46-36-41-59-62(42-46)68-61-31-14-26-54-53-23-10-12-29-58(53)67(59)64(54)61/h1-42H. The second-order valence-electron chi connectivity index (χ2n) is 18.0. The number of fused-ring (bicyclic) bond motifs is 9. The van der Waals surface area contributed by atoms with E-state index in [0.29, 0.717) is 0 Å². The molecule has 3 nitrogen and oxygen atoms in total. The van der Waals surface area contributed by atoms with Crippen molar-refractivity contribution in [3.8, 4) is 50.6 Å². The third-order valence-electron chi connectivity index (χ3n) is 14.5. The summed E-state index contributed by atoms with van der Waals surface area (Å²) < 4.78 is 9.06. The predicted molar refractivity (Wildman–Crippen MR) is 281 cm³/mol. The first-order chi connectivity index (χ1) is 33.7. The van der Waals surface area contributed by atoms with Gasteiger partial charge >= 0.3 is 0 Å². The molecule has 0 saturated heterocycles. The van der Waals surface area contributed by atoms with Gasteiger partial charge in [-0.2, -0.15) is 0 Å². The summed E-state index contributed by atoms with van der Waals surface area (Å²) in [5, 5.41) is 4.92. The first kappa shape index (κ1) is 38.4. The number of nitrogens with zero attached hydrogens (tertiary/aromatic N) is 2. The molecule has 3 heteroatoms. The summed E-state index contributed by atoms with van der Waals surface area (Å²) >= 11 is 0. The van der Waals surface area contributed by atoms with Crippen molar-refractivity contribution in [1.29, 1.82) is 0 Å². The summed E-state index contributed by atoms with van der Waals surface area (Å²) in [6, 6.07) is 93.0. The average molecular weight is 867 g/mol. The Labute approximate surface area is 395 Å². The van der Waals surface area contributed by atoms with E-state index in [1.165, 1.54) is 71.6 Å². The number of para-hydroxylation sites is 2. The van der Waals surface area contributed by atoms with Gasteiger partial charge in [0.15, 0.2) is 11.5 Å². The van der Waals surface area contributed by atoms with Gasteiger partial charge < -0.3 is 14.2 Å². The van der Waals surface area contributed by atoms with E-state index in [1.807, 2.05) is 0 Å². The maximum Gasteiger partial charge on any atom is 0.152 e. The highest BCUT2D eigenvalue weighted by atomic mass is 16.5. The van der Waals surface area contributed by atoms with Gasteiger partial charge in [-0.15, -0.1) is 0 Å². The molecule has 2 aliphatic rings. The Hall–Kier alpha value is -8.92. The summed E-state index contributed by atoms with van der Waals surface area (Å²) in [7, 11) is 0. The zero-order chi connectivity index (χ0) is 44.8. The second-order valence-corrected chi connectivity index (χ2v) is 18.0. The number of ether oxygens (including phenoxy) is 1. The quantitative estimate of drug-likeness (QED) is 0.159. The van der Waals surface area contributed by atoms with Crippen LogP contribution in [0.2, 0.25) is 0 Å². The van der Waals surface area contributed by atoms with E-state index in [4.69, 9.17) is 4.74 Å². The van der Waals surface area contributed by atoms with Crippen LogP contribution in [0.15, 0.2) is 255 Å². The molecule has 1 aliphatic heterocycles. The summed E-state index contributed by atoms with van der Waals surface area (Å²) in [4.78, 5) is 2.45. The molecule has 11 aromatic carbocycles. The van der Waals surface area contributed by atoms with E-state index < -0.39 is 5.41 Å². The molecule has 0 fully saturated rings. The Morgan fingerprint density at radius 1 is 0.382 bits per heavy atom. The molecule has 12 aromatic rings. The molecule has 0 atom stereocenters. The van der Waals surface area contributed by atoms with Gasteiger partial charge in [0.05, 0.1) is 27.8 Å². The fraction of sp³-hybridized carbons (Fsp3) is 0.0154. The molecule has 1 aliphatic carbocycles. The van der Waals surface area contributed by atoms with Crippen molar-refractivity contribution in [2.75, 3.05) is 4.90 Å². The first-order valence-corrected chi connectivity index (χ1v) is 23.4.